The van der Waals surface area contributed by atoms with Crippen LogP contribution in [0.3, 0.4) is 0 Å². The van der Waals surface area contributed by atoms with Crippen LogP contribution < -0.4 is 5.32 Å². The van der Waals surface area contributed by atoms with Crippen LogP contribution in [0.15, 0.2) is 60.8 Å². The molecule has 7 nitrogen and oxygen atoms in total. The maximum Gasteiger partial charge on any atom is 0.337 e. The molecule has 1 aliphatic heterocycles. The zero-order valence-electron chi connectivity index (χ0n) is 19.2. The second-order valence-electron chi connectivity index (χ2n) is 8.52. The number of nitrogens with zero attached hydrogens (tertiary/aromatic N) is 3. The number of carbonyl (C=O) groups is 2. The van der Waals surface area contributed by atoms with Crippen LogP contribution >= 0.6 is 0 Å². The number of aromatic nitrogens is 2. The quantitative estimate of drug-likeness (QED) is 0.530. The molecule has 1 aliphatic rings. The van der Waals surface area contributed by atoms with E-state index in [2.05, 4.69) is 39.6 Å². The van der Waals surface area contributed by atoms with E-state index in [-0.39, 0.29) is 17.9 Å². The molecule has 1 unspecified atom stereocenters. The molecule has 1 amide bonds. The van der Waals surface area contributed by atoms with Gasteiger partial charge in [0.1, 0.15) is 5.82 Å². The molecule has 172 valence electrons. The number of hydrogen-bond donors (Lipinski definition) is 1. The molecule has 1 fully saturated rings. The number of rotatable bonds is 8. The largest absolute Gasteiger partial charge is 0.465 e. The fraction of sp³-hybridized carbons (Fsp3) is 0.346. The number of carbonyl (C=O) groups excluding carboxylic acids is 2. The van der Waals surface area contributed by atoms with Crippen molar-refractivity contribution in [1.29, 1.82) is 0 Å². The van der Waals surface area contributed by atoms with Gasteiger partial charge in [0, 0.05) is 31.6 Å². The predicted octanol–water partition coefficient (Wildman–Crippen LogP) is 4.00. The molecule has 1 saturated heterocycles. The molecular weight excluding hydrogens is 416 g/mol. The summed E-state index contributed by atoms with van der Waals surface area (Å²) in [5.41, 5.74) is 3.77. The Kier molecular flexibility index (Phi) is 7.19. The number of amides is 1. The van der Waals surface area contributed by atoms with Crippen molar-refractivity contribution in [3.63, 3.8) is 0 Å². The second kappa shape index (κ2) is 10.4. The van der Waals surface area contributed by atoms with Crippen LogP contribution in [-0.4, -0.2) is 46.8 Å². The molecule has 2 heterocycles. The van der Waals surface area contributed by atoms with E-state index >= 15 is 0 Å². The summed E-state index contributed by atoms with van der Waals surface area (Å²) >= 11 is 0. The van der Waals surface area contributed by atoms with Crippen LogP contribution in [0.5, 0.6) is 0 Å². The van der Waals surface area contributed by atoms with Crippen LogP contribution in [0, 0.1) is 6.92 Å². The highest BCUT2D eigenvalue weighted by Gasteiger charge is 2.27. The van der Waals surface area contributed by atoms with Crippen LogP contribution in [0.1, 0.15) is 45.9 Å². The third-order valence-electron chi connectivity index (χ3n) is 6.09. The normalized spacial score (nSPS) is 16.0. The maximum atomic E-state index is 12.7. The lowest BCUT2D eigenvalue weighted by molar-refractivity contribution is -0.116. The van der Waals surface area contributed by atoms with Gasteiger partial charge >= 0.3 is 5.97 Å². The zero-order valence-corrected chi connectivity index (χ0v) is 19.2. The summed E-state index contributed by atoms with van der Waals surface area (Å²) in [7, 11) is 1.36. The van der Waals surface area contributed by atoms with Gasteiger partial charge in [0.05, 0.1) is 24.9 Å². The van der Waals surface area contributed by atoms with Gasteiger partial charge in [0.25, 0.3) is 0 Å². The van der Waals surface area contributed by atoms with E-state index < -0.39 is 0 Å². The SMILES string of the molecule is COC(=O)c1ccc(CCC(=O)Nc2c(C)cnn2C2CCN(Cc3ccccc3)C2)cc1. The van der Waals surface area contributed by atoms with Crippen molar-refractivity contribution < 1.29 is 14.3 Å². The standard InChI is InChI=1S/C26H30N4O3/c1-19-16-27-30(23-14-15-29(18-23)17-21-6-4-3-5-7-21)25(19)28-24(31)13-10-20-8-11-22(12-9-20)26(32)33-2/h3-9,11-12,16,23H,10,13-15,17-18H2,1-2H3,(H,28,31). The Bertz CT molecular complexity index is 1090. The van der Waals surface area contributed by atoms with Gasteiger partial charge in [-0.1, -0.05) is 42.5 Å². The molecule has 1 N–H and O–H groups in total. The lowest BCUT2D eigenvalue weighted by Crippen LogP contribution is -2.23. The number of anilines is 1. The lowest BCUT2D eigenvalue weighted by Gasteiger charge is -2.18. The molecular formula is C26H30N4O3. The molecule has 1 aromatic heterocycles. The van der Waals surface area contributed by atoms with Gasteiger partial charge < -0.3 is 10.1 Å². The Morgan fingerprint density at radius 1 is 1.09 bits per heavy atom. The topological polar surface area (TPSA) is 76.5 Å². The van der Waals surface area contributed by atoms with E-state index in [0.717, 1.165) is 43.0 Å². The number of esters is 1. The van der Waals surface area contributed by atoms with Crippen molar-refractivity contribution in [2.24, 2.45) is 0 Å². The highest BCUT2D eigenvalue weighted by Crippen LogP contribution is 2.28. The highest BCUT2D eigenvalue weighted by molar-refractivity contribution is 5.91. The molecule has 0 aliphatic carbocycles. The number of hydrogen-bond acceptors (Lipinski definition) is 5. The minimum atomic E-state index is -0.364. The van der Waals surface area contributed by atoms with Crippen LogP contribution in [-0.2, 0) is 22.5 Å². The van der Waals surface area contributed by atoms with Crippen molar-refractivity contribution in [3.05, 3.63) is 83.0 Å². The smallest absolute Gasteiger partial charge is 0.337 e. The molecule has 0 spiro atoms. The molecule has 0 saturated carbocycles. The number of ether oxygens (including phenoxy) is 1. The van der Waals surface area contributed by atoms with E-state index in [1.54, 1.807) is 12.1 Å². The predicted molar refractivity (Wildman–Crippen MR) is 127 cm³/mol. The number of likely N-dealkylation sites (tertiary alicyclic amines) is 1. The van der Waals surface area contributed by atoms with Gasteiger partial charge in [-0.2, -0.15) is 5.10 Å². The van der Waals surface area contributed by atoms with Crippen LogP contribution in [0.2, 0.25) is 0 Å². The summed E-state index contributed by atoms with van der Waals surface area (Å²) < 4.78 is 6.70. The van der Waals surface area contributed by atoms with E-state index in [1.807, 2.05) is 36.0 Å². The first-order valence-electron chi connectivity index (χ1n) is 11.3. The molecule has 1 atom stereocenters. The summed E-state index contributed by atoms with van der Waals surface area (Å²) in [5, 5.41) is 7.65. The minimum Gasteiger partial charge on any atom is -0.465 e. The Balaban J connectivity index is 1.33. The zero-order chi connectivity index (χ0) is 23.2. The van der Waals surface area contributed by atoms with Crippen LogP contribution in [0.4, 0.5) is 5.82 Å². The summed E-state index contributed by atoms with van der Waals surface area (Å²) in [6.45, 7) is 4.81. The van der Waals surface area contributed by atoms with E-state index in [0.29, 0.717) is 18.4 Å². The second-order valence-corrected chi connectivity index (χ2v) is 8.52. The average molecular weight is 447 g/mol. The Hall–Kier alpha value is -3.45. The Labute approximate surface area is 194 Å². The highest BCUT2D eigenvalue weighted by atomic mass is 16.5. The van der Waals surface area contributed by atoms with Gasteiger partial charge in [-0.3, -0.25) is 9.69 Å². The molecule has 2 aromatic carbocycles. The Morgan fingerprint density at radius 3 is 2.58 bits per heavy atom. The fourth-order valence-electron chi connectivity index (χ4n) is 4.26. The first kappa shape index (κ1) is 22.7. The van der Waals surface area contributed by atoms with Crippen molar-refractivity contribution in [3.8, 4) is 0 Å². The van der Waals surface area contributed by atoms with E-state index in [4.69, 9.17) is 4.74 Å². The van der Waals surface area contributed by atoms with Crippen molar-refractivity contribution in [1.82, 2.24) is 14.7 Å². The maximum absolute atomic E-state index is 12.7. The molecule has 4 rings (SSSR count). The van der Waals surface area contributed by atoms with Gasteiger partial charge in [-0.25, -0.2) is 9.48 Å². The summed E-state index contributed by atoms with van der Waals surface area (Å²) in [4.78, 5) is 26.7. The number of benzene rings is 2. The number of aryl methyl sites for hydroxylation is 2. The molecule has 0 radical (unpaired) electrons. The number of nitrogens with one attached hydrogen (secondary N) is 1. The third kappa shape index (κ3) is 5.68. The van der Waals surface area contributed by atoms with Crippen molar-refractivity contribution in [2.45, 2.75) is 38.8 Å². The van der Waals surface area contributed by atoms with E-state index in [9.17, 15) is 9.59 Å². The summed E-state index contributed by atoms with van der Waals surface area (Å²) in [6.07, 6.45) is 3.77. The minimum absolute atomic E-state index is 0.0453. The van der Waals surface area contributed by atoms with Crippen molar-refractivity contribution in [2.75, 3.05) is 25.5 Å². The lowest BCUT2D eigenvalue weighted by atomic mass is 10.1. The monoisotopic (exact) mass is 446 g/mol. The van der Waals surface area contributed by atoms with Gasteiger partial charge in [-0.15, -0.1) is 0 Å². The van der Waals surface area contributed by atoms with Gasteiger partial charge in [0.15, 0.2) is 0 Å². The molecule has 3 aromatic rings. The van der Waals surface area contributed by atoms with Crippen molar-refractivity contribution >= 4 is 17.7 Å². The van der Waals surface area contributed by atoms with E-state index in [1.165, 1.54) is 12.7 Å². The first-order chi connectivity index (χ1) is 16.0. The molecule has 0 bridgehead atoms. The summed E-state index contributed by atoms with van der Waals surface area (Å²) in [5.74, 6) is 0.376. The molecule has 7 heteroatoms. The average Bonchev–Trinajstić information content (AvgIpc) is 3.44. The van der Waals surface area contributed by atoms with Gasteiger partial charge in [-0.05, 0) is 43.0 Å². The third-order valence-corrected chi connectivity index (χ3v) is 6.09. The first-order valence-corrected chi connectivity index (χ1v) is 11.3. The van der Waals surface area contributed by atoms with Crippen LogP contribution in [0.25, 0.3) is 0 Å². The Morgan fingerprint density at radius 2 is 1.85 bits per heavy atom. The number of methoxy groups -OCH3 is 1. The summed E-state index contributed by atoms with van der Waals surface area (Å²) in [6, 6.07) is 17.9. The van der Waals surface area contributed by atoms with Gasteiger partial charge in [0.2, 0.25) is 5.91 Å². The molecule has 33 heavy (non-hydrogen) atoms. The fourth-order valence-corrected chi connectivity index (χ4v) is 4.26.